The van der Waals surface area contributed by atoms with E-state index in [-0.39, 0.29) is 10.8 Å². The molecule has 0 aliphatic heterocycles. The molecule has 4 nitrogen and oxygen atoms in total. The Labute approximate surface area is 127 Å². The topological polar surface area (TPSA) is 54.2 Å². The molecule has 1 rings (SSSR count). The van der Waals surface area contributed by atoms with Crippen LogP contribution in [-0.2, 0) is 6.18 Å². The number of hydrogen-bond donors (Lipinski definition) is 2. The minimum atomic E-state index is -4.49. The Balaban J connectivity index is 2.75. The van der Waals surface area contributed by atoms with Gasteiger partial charge in [-0.15, -0.1) is 0 Å². The van der Waals surface area contributed by atoms with Gasteiger partial charge in [-0.1, -0.05) is 12.2 Å². The molecule has 1 heterocycles. The summed E-state index contributed by atoms with van der Waals surface area (Å²) in [4.78, 5) is 5.65. The van der Waals surface area contributed by atoms with Crippen LogP contribution in [-0.4, -0.2) is 42.1 Å². The van der Waals surface area contributed by atoms with Gasteiger partial charge in [-0.2, -0.15) is 13.2 Å². The maximum Gasteiger partial charge on any atom is 0.433 e. The smallest absolute Gasteiger partial charge is 0.389 e. The number of pyridine rings is 1. The van der Waals surface area contributed by atoms with Gasteiger partial charge in [0.05, 0.1) is 5.56 Å². The molecule has 0 unspecified atom stereocenters. The number of nitrogens with one attached hydrogen (secondary N) is 1. The lowest BCUT2D eigenvalue weighted by Gasteiger charge is -2.14. The van der Waals surface area contributed by atoms with Gasteiger partial charge in [0.15, 0.2) is 0 Å². The van der Waals surface area contributed by atoms with Gasteiger partial charge in [0.2, 0.25) is 0 Å². The van der Waals surface area contributed by atoms with Gasteiger partial charge in [0.25, 0.3) is 0 Å². The normalized spacial score (nSPS) is 11.7. The summed E-state index contributed by atoms with van der Waals surface area (Å²) in [5.41, 5.74) is 4.87. The zero-order valence-electron chi connectivity index (χ0n) is 12.0. The number of nitrogens with zero attached hydrogens (tertiary/aromatic N) is 2. The van der Waals surface area contributed by atoms with E-state index in [1.165, 1.54) is 6.07 Å². The SMILES string of the molecule is CN(C)CCCCNc1nc(C(F)(F)F)ccc1C(N)=S. The molecule has 0 saturated carbocycles. The largest absolute Gasteiger partial charge is 0.433 e. The number of nitrogens with two attached hydrogens (primary N) is 1. The van der Waals surface area contributed by atoms with Crippen LogP contribution in [0, 0.1) is 0 Å². The first-order chi connectivity index (χ1) is 9.71. The zero-order chi connectivity index (χ0) is 16.0. The molecule has 0 aromatic carbocycles. The fourth-order valence-electron chi connectivity index (χ4n) is 1.71. The Bertz CT molecular complexity index is 489. The van der Waals surface area contributed by atoms with E-state index in [0.29, 0.717) is 12.1 Å². The van der Waals surface area contributed by atoms with Crippen LogP contribution >= 0.6 is 12.2 Å². The first-order valence-electron chi connectivity index (χ1n) is 6.48. The highest BCUT2D eigenvalue weighted by molar-refractivity contribution is 7.80. The second kappa shape index (κ2) is 7.56. The summed E-state index contributed by atoms with van der Waals surface area (Å²) in [7, 11) is 3.93. The van der Waals surface area contributed by atoms with Gasteiger partial charge in [-0.05, 0) is 45.6 Å². The van der Waals surface area contributed by atoms with Crippen molar-refractivity contribution in [3.63, 3.8) is 0 Å². The lowest BCUT2D eigenvalue weighted by atomic mass is 10.2. The highest BCUT2D eigenvalue weighted by Gasteiger charge is 2.33. The molecule has 118 valence electrons. The molecule has 0 amide bonds. The van der Waals surface area contributed by atoms with Crippen molar-refractivity contribution in [1.82, 2.24) is 9.88 Å². The lowest BCUT2D eigenvalue weighted by Crippen LogP contribution is -2.19. The van der Waals surface area contributed by atoms with Crippen molar-refractivity contribution in [3.8, 4) is 0 Å². The fourth-order valence-corrected chi connectivity index (χ4v) is 1.88. The average molecular weight is 320 g/mol. The predicted molar refractivity (Wildman–Crippen MR) is 81.4 cm³/mol. The van der Waals surface area contributed by atoms with E-state index < -0.39 is 11.9 Å². The summed E-state index contributed by atoms with van der Waals surface area (Å²) in [6.07, 6.45) is -2.75. The van der Waals surface area contributed by atoms with E-state index in [4.69, 9.17) is 18.0 Å². The first kappa shape index (κ1) is 17.6. The van der Waals surface area contributed by atoms with Crippen molar-refractivity contribution in [2.45, 2.75) is 19.0 Å². The second-order valence-corrected chi connectivity index (χ2v) is 5.33. The van der Waals surface area contributed by atoms with Gasteiger partial charge in [-0.3, -0.25) is 0 Å². The molecule has 1 aromatic heterocycles. The second-order valence-electron chi connectivity index (χ2n) is 4.89. The fraction of sp³-hybridized carbons (Fsp3) is 0.538. The quantitative estimate of drug-likeness (QED) is 0.597. The number of hydrogen-bond acceptors (Lipinski definition) is 4. The van der Waals surface area contributed by atoms with Gasteiger partial charge in [0.1, 0.15) is 16.5 Å². The van der Waals surface area contributed by atoms with Gasteiger partial charge in [0, 0.05) is 6.54 Å². The molecule has 1 aromatic rings. The molecule has 0 fully saturated rings. The summed E-state index contributed by atoms with van der Waals surface area (Å²) in [6, 6.07) is 2.13. The summed E-state index contributed by atoms with van der Waals surface area (Å²) < 4.78 is 38.0. The van der Waals surface area contributed by atoms with Crippen LogP contribution < -0.4 is 11.1 Å². The van der Waals surface area contributed by atoms with Gasteiger partial charge >= 0.3 is 6.18 Å². The summed E-state index contributed by atoms with van der Waals surface area (Å²) in [5, 5.41) is 2.88. The van der Waals surface area contributed by atoms with Gasteiger partial charge in [-0.25, -0.2) is 4.98 Å². The summed E-state index contributed by atoms with van der Waals surface area (Å²) in [6.45, 7) is 1.43. The van der Waals surface area contributed by atoms with Crippen LogP contribution in [0.4, 0.5) is 19.0 Å². The van der Waals surface area contributed by atoms with E-state index in [9.17, 15) is 13.2 Å². The van der Waals surface area contributed by atoms with Crippen LogP contribution in [0.1, 0.15) is 24.1 Å². The minimum Gasteiger partial charge on any atom is -0.389 e. The maximum atomic E-state index is 12.7. The maximum absolute atomic E-state index is 12.7. The molecule has 0 aliphatic carbocycles. The Kier molecular flexibility index (Phi) is 6.35. The Morgan fingerprint density at radius 3 is 2.52 bits per heavy atom. The third-order valence-corrected chi connectivity index (χ3v) is 3.00. The number of halogens is 3. The van der Waals surface area contributed by atoms with Crippen molar-refractivity contribution < 1.29 is 13.2 Å². The van der Waals surface area contributed by atoms with E-state index in [1.807, 2.05) is 19.0 Å². The number of thiocarbonyl (C=S) groups is 1. The molecule has 0 aliphatic rings. The van der Waals surface area contributed by atoms with Crippen LogP contribution in [0.5, 0.6) is 0 Å². The summed E-state index contributed by atoms with van der Waals surface area (Å²) >= 11 is 4.83. The molecular formula is C13H19F3N4S. The number of rotatable bonds is 7. The van der Waals surface area contributed by atoms with E-state index >= 15 is 0 Å². The standard InChI is InChI=1S/C13H19F3N4S/c1-20(2)8-4-3-7-18-12-9(11(17)21)5-6-10(19-12)13(14,15)16/h5-6H,3-4,7-8H2,1-2H3,(H2,17,21)(H,18,19). The van der Waals surface area contributed by atoms with E-state index in [1.54, 1.807) is 0 Å². The highest BCUT2D eigenvalue weighted by Crippen LogP contribution is 2.29. The molecule has 0 spiro atoms. The van der Waals surface area contributed by atoms with Gasteiger partial charge < -0.3 is 16.0 Å². The Morgan fingerprint density at radius 2 is 2.00 bits per heavy atom. The first-order valence-corrected chi connectivity index (χ1v) is 6.89. The molecule has 0 bridgehead atoms. The molecule has 0 radical (unpaired) electrons. The Morgan fingerprint density at radius 1 is 1.33 bits per heavy atom. The van der Waals surface area contributed by atoms with Crippen LogP contribution in [0.15, 0.2) is 12.1 Å². The molecular weight excluding hydrogens is 301 g/mol. The van der Waals surface area contributed by atoms with Crippen LogP contribution in [0.25, 0.3) is 0 Å². The highest BCUT2D eigenvalue weighted by atomic mass is 32.1. The molecule has 3 N–H and O–H groups in total. The van der Waals surface area contributed by atoms with E-state index in [0.717, 1.165) is 25.5 Å². The summed E-state index contributed by atoms with van der Waals surface area (Å²) in [5.74, 6) is 0.0854. The number of unbranched alkanes of at least 4 members (excludes halogenated alkanes) is 1. The third kappa shape index (κ3) is 5.84. The third-order valence-electron chi connectivity index (χ3n) is 2.78. The molecule has 21 heavy (non-hydrogen) atoms. The number of anilines is 1. The van der Waals surface area contributed by atoms with Crippen LogP contribution in [0.3, 0.4) is 0 Å². The zero-order valence-corrected chi connectivity index (χ0v) is 12.8. The van der Waals surface area contributed by atoms with Crippen LogP contribution in [0.2, 0.25) is 0 Å². The molecule has 8 heteroatoms. The predicted octanol–water partition coefficient (Wildman–Crippen LogP) is 2.49. The molecule has 0 saturated heterocycles. The lowest BCUT2D eigenvalue weighted by molar-refractivity contribution is -0.141. The minimum absolute atomic E-state index is 0.0204. The molecule has 0 atom stereocenters. The number of aromatic nitrogens is 1. The van der Waals surface area contributed by atoms with E-state index in [2.05, 4.69) is 10.3 Å². The van der Waals surface area contributed by atoms with Crippen molar-refractivity contribution in [2.24, 2.45) is 5.73 Å². The van der Waals surface area contributed by atoms with Crippen molar-refractivity contribution in [3.05, 3.63) is 23.4 Å². The van der Waals surface area contributed by atoms with Crippen molar-refractivity contribution in [1.29, 1.82) is 0 Å². The monoisotopic (exact) mass is 320 g/mol. The van der Waals surface area contributed by atoms with Crippen molar-refractivity contribution >= 4 is 23.0 Å². The van der Waals surface area contributed by atoms with Crippen molar-refractivity contribution in [2.75, 3.05) is 32.5 Å². The number of alkyl halides is 3. The average Bonchev–Trinajstić information content (AvgIpc) is 2.36. The Hall–Kier alpha value is -1.41.